The quantitative estimate of drug-likeness (QED) is 0.157. The fourth-order valence-electron chi connectivity index (χ4n) is 2.90. The zero-order valence-electron chi connectivity index (χ0n) is 15.0. The highest BCUT2D eigenvalue weighted by molar-refractivity contribution is 6.28. The summed E-state index contributed by atoms with van der Waals surface area (Å²) in [5.41, 5.74) is -0.144. The number of nitrogens with zero attached hydrogens (tertiary/aromatic N) is 2. The number of nitro groups is 1. The Bertz CT molecular complexity index is 1200. The van der Waals surface area contributed by atoms with Gasteiger partial charge in [0.25, 0.3) is 11.6 Å². The number of carbonyl (C=O) groups is 4. The van der Waals surface area contributed by atoms with Gasteiger partial charge in [0.15, 0.2) is 0 Å². The van der Waals surface area contributed by atoms with Crippen molar-refractivity contribution in [2.45, 2.75) is 0 Å². The molecule has 30 heavy (non-hydrogen) atoms. The van der Waals surface area contributed by atoms with Crippen molar-refractivity contribution in [2.75, 3.05) is 0 Å². The molecule has 2 aliphatic heterocycles. The molecule has 1 N–H and O–H groups in total. The standard InChI is InChI=1S/C20H11N3O7/c24-17-13-3-1-2-4-16(13)30-19(26)14(17)10-22-18(25)15(21-20(22)27)9-11-5-7-12(8-6-11)23(28)29/h1-10H,(H,21,27). The van der Waals surface area contributed by atoms with Crippen LogP contribution in [0.15, 0.2) is 66.0 Å². The average molecular weight is 405 g/mol. The molecular weight excluding hydrogens is 394 g/mol. The van der Waals surface area contributed by atoms with Crippen LogP contribution in [0.2, 0.25) is 0 Å². The van der Waals surface area contributed by atoms with Gasteiger partial charge in [-0.25, -0.2) is 14.5 Å². The summed E-state index contributed by atoms with van der Waals surface area (Å²) in [7, 11) is 0. The molecule has 1 fully saturated rings. The number of fused-ring (bicyclic) bond motifs is 1. The van der Waals surface area contributed by atoms with Crippen molar-refractivity contribution in [3.05, 3.63) is 87.2 Å². The highest BCUT2D eigenvalue weighted by Crippen LogP contribution is 2.28. The zero-order chi connectivity index (χ0) is 21.4. The minimum atomic E-state index is -0.980. The molecule has 10 nitrogen and oxygen atoms in total. The Hall–Kier alpha value is -4.60. The molecule has 0 bridgehead atoms. The average Bonchev–Trinajstić information content (AvgIpc) is 2.98. The van der Waals surface area contributed by atoms with Crippen molar-refractivity contribution in [1.29, 1.82) is 0 Å². The Balaban J connectivity index is 1.62. The second-order valence-corrected chi connectivity index (χ2v) is 6.27. The zero-order valence-corrected chi connectivity index (χ0v) is 15.0. The first-order valence-corrected chi connectivity index (χ1v) is 8.53. The topological polar surface area (TPSA) is 136 Å². The molecule has 2 heterocycles. The van der Waals surface area contributed by atoms with Gasteiger partial charge < -0.3 is 10.1 Å². The second kappa shape index (κ2) is 7.09. The predicted octanol–water partition coefficient (Wildman–Crippen LogP) is 2.17. The normalized spacial score (nSPS) is 18.5. The van der Waals surface area contributed by atoms with Gasteiger partial charge in [-0.3, -0.25) is 19.7 Å². The number of nitrogens with one attached hydrogen (secondary N) is 1. The largest absolute Gasteiger partial charge is 0.422 e. The molecule has 3 amide bonds. The molecular formula is C20H11N3O7. The molecule has 0 atom stereocenters. The van der Waals surface area contributed by atoms with E-state index in [0.29, 0.717) is 10.5 Å². The van der Waals surface area contributed by atoms with Crippen LogP contribution >= 0.6 is 0 Å². The van der Waals surface area contributed by atoms with Gasteiger partial charge in [-0.2, -0.15) is 0 Å². The third-order valence-corrected chi connectivity index (χ3v) is 4.38. The molecule has 2 aromatic carbocycles. The first-order chi connectivity index (χ1) is 14.3. The van der Waals surface area contributed by atoms with Crippen LogP contribution in [0.3, 0.4) is 0 Å². The van der Waals surface area contributed by atoms with E-state index in [4.69, 9.17) is 4.74 Å². The van der Waals surface area contributed by atoms with E-state index in [-0.39, 0.29) is 22.7 Å². The van der Waals surface area contributed by atoms with Gasteiger partial charge >= 0.3 is 12.0 Å². The number of urea groups is 1. The lowest BCUT2D eigenvalue weighted by atomic mass is 10.0. The number of carbonyl (C=O) groups excluding carboxylic acids is 4. The van der Waals surface area contributed by atoms with E-state index in [1.165, 1.54) is 42.5 Å². The summed E-state index contributed by atoms with van der Waals surface area (Å²) in [6.07, 6.45) is 2.16. The minimum Gasteiger partial charge on any atom is -0.422 e. The highest BCUT2D eigenvalue weighted by atomic mass is 16.6. The second-order valence-electron chi connectivity index (χ2n) is 6.27. The predicted molar refractivity (Wildman–Crippen MR) is 101 cm³/mol. The summed E-state index contributed by atoms with van der Waals surface area (Å²) in [6.45, 7) is 0. The number of esters is 1. The van der Waals surface area contributed by atoms with Crippen molar-refractivity contribution >= 4 is 35.5 Å². The van der Waals surface area contributed by atoms with Crippen LogP contribution in [-0.2, 0) is 9.59 Å². The van der Waals surface area contributed by atoms with Crippen LogP contribution < -0.4 is 10.1 Å². The maximum Gasteiger partial charge on any atom is 0.349 e. The third-order valence-electron chi connectivity index (χ3n) is 4.38. The van der Waals surface area contributed by atoms with Crippen LogP contribution in [0.25, 0.3) is 6.08 Å². The number of ketones is 1. The van der Waals surface area contributed by atoms with Crippen LogP contribution in [0, 0.1) is 10.1 Å². The Kier molecular flexibility index (Phi) is 4.43. The lowest BCUT2D eigenvalue weighted by Gasteiger charge is -2.17. The number of rotatable bonds is 3. The maximum absolute atomic E-state index is 12.6. The van der Waals surface area contributed by atoms with E-state index in [1.807, 2.05) is 0 Å². The van der Waals surface area contributed by atoms with Crippen molar-refractivity contribution in [3.8, 4) is 5.75 Å². The first-order valence-electron chi connectivity index (χ1n) is 8.53. The molecule has 0 unspecified atom stereocenters. The van der Waals surface area contributed by atoms with Gasteiger partial charge in [0.05, 0.1) is 10.5 Å². The molecule has 0 aromatic heterocycles. The van der Waals surface area contributed by atoms with Crippen LogP contribution in [0.1, 0.15) is 15.9 Å². The lowest BCUT2D eigenvalue weighted by Crippen LogP contribution is -2.31. The number of non-ortho nitro benzene ring substituents is 1. The number of amides is 3. The van der Waals surface area contributed by atoms with Gasteiger partial charge in [0.1, 0.15) is 17.0 Å². The number of imide groups is 1. The fraction of sp³-hybridized carbons (Fsp3) is 0. The van der Waals surface area contributed by atoms with Crippen molar-refractivity contribution in [2.24, 2.45) is 0 Å². The van der Waals surface area contributed by atoms with E-state index in [0.717, 1.165) is 6.20 Å². The van der Waals surface area contributed by atoms with E-state index < -0.39 is 34.2 Å². The summed E-state index contributed by atoms with van der Waals surface area (Å²) < 4.78 is 5.08. The number of ether oxygens (including phenoxy) is 1. The lowest BCUT2D eigenvalue weighted by molar-refractivity contribution is -0.384. The molecule has 2 aliphatic rings. The molecule has 4 rings (SSSR count). The van der Waals surface area contributed by atoms with Crippen molar-refractivity contribution < 1.29 is 28.8 Å². The van der Waals surface area contributed by atoms with E-state index in [1.54, 1.807) is 12.1 Å². The number of para-hydroxylation sites is 1. The van der Waals surface area contributed by atoms with Crippen molar-refractivity contribution in [1.82, 2.24) is 10.2 Å². The first kappa shape index (κ1) is 18.7. The number of benzene rings is 2. The summed E-state index contributed by atoms with van der Waals surface area (Å²) >= 11 is 0. The van der Waals surface area contributed by atoms with E-state index >= 15 is 0 Å². The monoisotopic (exact) mass is 405 g/mol. The molecule has 148 valence electrons. The summed E-state index contributed by atoms with van der Waals surface area (Å²) in [6, 6.07) is 10.6. The van der Waals surface area contributed by atoms with Gasteiger partial charge in [-0.15, -0.1) is 0 Å². The molecule has 0 saturated carbocycles. The minimum absolute atomic E-state index is 0.0978. The van der Waals surface area contributed by atoms with Crippen molar-refractivity contribution in [3.63, 3.8) is 0 Å². The number of hydrogen-bond acceptors (Lipinski definition) is 7. The van der Waals surface area contributed by atoms with Gasteiger partial charge in [-0.1, -0.05) is 12.1 Å². The van der Waals surface area contributed by atoms with Gasteiger partial charge in [-0.05, 0) is 35.9 Å². The SMILES string of the molecule is O=C1Oc2ccccc2C(=O)C1=CN1C(=O)NC(=Cc2ccc([N+](=O)[O-])cc2)C1=O. The van der Waals surface area contributed by atoms with Crippen LogP contribution in [0.5, 0.6) is 5.75 Å². The van der Waals surface area contributed by atoms with Gasteiger partial charge in [0, 0.05) is 18.3 Å². The summed E-state index contributed by atoms with van der Waals surface area (Å²) in [5, 5.41) is 13.0. The molecule has 2 aromatic rings. The highest BCUT2D eigenvalue weighted by Gasteiger charge is 2.37. The number of nitro benzene ring substituents is 1. The van der Waals surface area contributed by atoms with E-state index in [2.05, 4.69) is 5.32 Å². The Morgan fingerprint density at radius 3 is 2.40 bits per heavy atom. The number of hydrogen-bond donors (Lipinski definition) is 1. The summed E-state index contributed by atoms with van der Waals surface area (Å²) in [5.74, 6) is -2.35. The van der Waals surface area contributed by atoms with E-state index in [9.17, 15) is 29.3 Å². The van der Waals surface area contributed by atoms with Crippen LogP contribution in [-0.4, -0.2) is 33.5 Å². The molecule has 10 heteroatoms. The molecule has 0 spiro atoms. The summed E-state index contributed by atoms with van der Waals surface area (Å²) in [4.78, 5) is 60.3. The third kappa shape index (κ3) is 3.22. The Morgan fingerprint density at radius 2 is 1.70 bits per heavy atom. The van der Waals surface area contributed by atoms with Gasteiger partial charge in [0.2, 0.25) is 5.78 Å². The number of Topliss-reactive ketones (excluding diaryl/α,β-unsaturated/α-hetero) is 1. The molecule has 0 aliphatic carbocycles. The molecule has 0 radical (unpaired) electrons. The molecule has 1 saturated heterocycles. The Morgan fingerprint density at radius 1 is 1.00 bits per heavy atom. The smallest absolute Gasteiger partial charge is 0.349 e. The maximum atomic E-state index is 12.6. The fourth-order valence-corrected chi connectivity index (χ4v) is 2.90. The Labute approximate surface area is 168 Å². The van der Waals surface area contributed by atoms with Crippen LogP contribution in [0.4, 0.5) is 10.5 Å².